The van der Waals surface area contributed by atoms with Crippen LogP contribution in [0, 0.1) is 11.8 Å². The number of amides is 1. The fourth-order valence-electron chi connectivity index (χ4n) is 1.96. The molecule has 0 aromatic heterocycles. The van der Waals surface area contributed by atoms with Crippen molar-refractivity contribution >= 4 is 17.6 Å². The van der Waals surface area contributed by atoms with E-state index in [1.807, 2.05) is 6.92 Å². The largest absolute Gasteiger partial charge is 0.471 e. The molecule has 0 aliphatic carbocycles. The highest BCUT2D eigenvalue weighted by Gasteiger charge is 2.38. The van der Waals surface area contributed by atoms with Crippen molar-refractivity contribution in [1.29, 1.82) is 0 Å². The van der Waals surface area contributed by atoms with Gasteiger partial charge in [-0.3, -0.25) is 4.79 Å². The van der Waals surface area contributed by atoms with Crippen molar-refractivity contribution in [3.63, 3.8) is 0 Å². The fraction of sp³-hybridized carbons (Fsp3) is 0.273. The van der Waals surface area contributed by atoms with Gasteiger partial charge in [0, 0.05) is 22.4 Å². The van der Waals surface area contributed by atoms with E-state index in [2.05, 4.69) is 18.4 Å². The van der Waals surface area contributed by atoms with Crippen LogP contribution in [0.25, 0.3) is 0 Å². The third-order valence-electron chi connectivity index (χ3n) is 3.53. The zero-order chi connectivity index (χ0) is 22.0. The Balaban J connectivity index is 3.06. The van der Waals surface area contributed by atoms with Crippen molar-refractivity contribution in [3.8, 4) is 11.8 Å². The smallest absolute Gasteiger partial charge is 0.463 e. The highest BCUT2D eigenvalue weighted by Crippen LogP contribution is 2.18. The second-order valence-corrected chi connectivity index (χ2v) is 5.94. The van der Waals surface area contributed by atoms with Gasteiger partial charge in [0.05, 0.1) is 6.61 Å². The van der Waals surface area contributed by atoms with Crippen LogP contribution in [0.15, 0.2) is 59.7 Å². The molecule has 29 heavy (non-hydrogen) atoms. The molecule has 0 spiro atoms. The summed E-state index contributed by atoms with van der Waals surface area (Å²) in [7, 11) is 0. The first-order chi connectivity index (χ1) is 13.6. The second kappa shape index (κ2) is 10.9. The number of benzene rings is 1. The molecule has 7 heteroatoms. The number of ether oxygens (including phenoxy) is 1. The Bertz CT molecular complexity index is 883. The first-order valence-electron chi connectivity index (χ1n) is 8.82. The highest BCUT2D eigenvalue weighted by atomic mass is 19.4. The number of halogens is 3. The Morgan fingerprint density at radius 3 is 2.31 bits per heavy atom. The van der Waals surface area contributed by atoms with Crippen LogP contribution in [0.1, 0.15) is 32.8 Å². The Labute approximate surface area is 168 Å². The van der Waals surface area contributed by atoms with Gasteiger partial charge in [-0.2, -0.15) is 13.2 Å². The predicted octanol–water partition coefficient (Wildman–Crippen LogP) is 4.94. The van der Waals surface area contributed by atoms with E-state index >= 15 is 0 Å². The van der Waals surface area contributed by atoms with Crippen molar-refractivity contribution in [2.45, 2.75) is 33.4 Å². The predicted molar refractivity (Wildman–Crippen MR) is 106 cm³/mol. The lowest BCUT2D eigenvalue weighted by Crippen LogP contribution is -2.29. The van der Waals surface area contributed by atoms with Gasteiger partial charge in [-0.15, -0.1) is 0 Å². The maximum Gasteiger partial charge on any atom is 0.471 e. The lowest BCUT2D eigenvalue weighted by molar-refractivity contribution is -0.167. The van der Waals surface area contributed by atoms with Gasteiger partial charge >= 0.3 is 18.1 Å². The van der Waals surface area contributed by atoms with Crippen LogP contribution in [0.5, 0.6) is 0 Å². The SMILES string of the molecule is C=C(/C=C(C#Cc1ccc(NC(=O)C(F)(F)F)cc1)\C=C(/C)C(=O)OCC)CC. The molecule has 0 bridgehead atoms. The van der Waals surface area contributed by atoms with E-state index in [9.17, 15) is 22.8 Å². The van der Waals surface area contributed by atoms with Crippen molar-refractivity contribution < 1.29 is 27.5 Å². The molecule has 0 unspecified atom stereocenters. The van der Waals surface area contributed by atoms with Crippen LogP contribution in [-0.4, -0.2) is 24.7 Å². The minimum absolute atomic E-state index is 0.00560. The summed E-state index contributed by atoms with van der Waals surface area (Å²) in [5.41, 5.74) is 2.25. The third kappa shape index (κ3) is 8.52. The van der Waals surface area contributed by atoms with Crippen molar-refractivity contribution in [2.75, 3.05) is 11.9 Å². The second-order valence-electron chi connectivity index (χ2n) is 5.94. The number of hydrogen-bond acceptors (Lipinski definition) is 3. The average molecular weight is 405 g/mol. The van der Waals surface area contributed by atoms with Gasteiger partial charge in [-0.05, 0) is 56.7 Å². The standard InChI is InChI=1S/C22H22F3NO3/c1-5-15(3)13-18(14-16(4)20(27)29-6-2)8-7-17-9-11-19(12-10-17)26-21(28)22(23,24)25/h9-14H,3,5-6H2,1-2,4H3,(H,26,28)/b16-14+,18-13-. The summed E-state index contributed by atoms with van der Waals surface area (Å²) in [5.74, 6) is 3.29. The molecule has 4 nitrogen and oxygen atoms in total. The number of rotatable bonds is 6. The van der Waals surface area contributed by atoms with Crippen LogP contribution in [-0.2, 0) is 14.3 Å². The van der Waals surface area contributed by atoms with Gasteiger partial charge in [0.1, 0.15) is 0 Å². The molecule has 1 N–H and O–H groups in total. The van der Waals surface area contributed by atoms with Crippen molar-refractivity contribution in [2.24, 2.45) is 0 Å². The number of hydrogen-bond donors (Lipinski definition) is 1. The molecule has 1 rings (SSSR count). The molecule has 0 fully saturated rings. The van der Waals surface area contributed by atoms with Gasteiger partial charge < -0.3 is 10.1 Å². The van der Waals surface area contributed by atoms with Crippen LogP contribution in [0.3, 0.4) is 0 Å². The molecule has 0 aliphatic heterocycles. The molecule has 1 amide bonds. The van der Waals surface area contributed by atoms with E-state index in [1.54, 1.807) is 31.3 Å². The Morgan fingerprint density at radius 1 is 1.17 bits per heavy atom. The first kappa shape index (κ1) is 23.8. The van der Waals surface area contributed by atoms with E-state index < -0.39 is 18.1 Å². The maximum absolute atomic E-state index is 12.3. The average Bonchev–Trinajstić information content (AvgIpc) is 2.66. The van der Waals surface area contributed by atoms with Crippen LogP contribution in [0.4, 0.5) is 18.9 Å². The van der Waals surface area contributed by atoms with Gasteiger partial charge in [-0.1, -0.05) is 30.9 Å². The fourth-order valence-corrected chi connectivity index (χ4v) is 1.96. The topological polar surface area (TPSA) is 55.4 Å². The number of allylic oxidation sites excluding steroid dienone is 4. The number of anilines is 1. The molecular weight excluding hydrogens is 383 g/mol. The molecule has 0 radical (unpaired) electrons. The number of carbonyl (C=O) groups excluding carboxylic acids is 2. The number of alkyl halides is 3. The third-order valence-corrected chi connectivity index (χ3v) is 3.53. The van der Waals surface area contributed by atoms with E-state index in [-0.39, 0.29) is 12.3 Å². The minimum atomic E-state index is -4.96. The van der Waals surface area contributed by atoms with E-state index in [0.717, 1.165) is 5.57 Å². The summed E-state index contributed by atoms with van der Waals surface area (Å²) in [6, 6.07) is 5.60. The number of nitrogens with one attached hydrogen (secondary N) is 1. The summed E-state index contributed by atoms with van der Waals surface area (Å²) < 4.78 is 41.8. The van der Waals surface area contributed by atoms with Gasteiger partial charge in [0.15, 0.2) is 0 Å². The summed E-state index contributed by atoms with van der Waals surface area (Å²) in [5, 5.41) is 1.76. The molecule has 154 valence electrons. The molecule has 0 saturated heterocycles. The summed E-state index contributed by atoms with van der Waals surface area (Å²) in [6.45, 7) is 9.40. The van der Waals surface area contributed by atoms with Crippen molar-refractivity contribution in [3.05, 3.63) is 65.3 Å². The normalized spacial score (nSPS) is 11.9. The lowest BCUT2D eigenvalue weighted by Gasteiger charge is -2.07. The Hall–Kier alpha value is -3.27. The molecule has 1 aromatic carbocycles. The molecule has 0 atom stereocenters. The Morgan fingerprint density at radius 2 is 1.79 bits per heavy atom. The van der Waals surface area contributed by atoms with Gasteiger partial charge in [-0.25, -0.2) is 4.79 Å². The summed E-state index contributed by atoms with van der Waals surface area (Å²) >= 11 is 0. The van der Waals surface area contributed by atoms with Crippen LogP contribution < -0.4 is 5.32 Å². The highest BCUT2D eigenvalue weighted by molar-refractivity contribution is 5.94. The zero-order valence-corrected chi connectivity index (χ0v) is 16.4. The van der Waals surface area contributed by atoms with Crippen LogP contribution >= 0.6 is 0 Å². The molecular formula is C22H22F3NO3. The molecule has 0 aliphatic rings. The van der Waals surface area contributed by atoms with Gasteiger partial charge in [0.2, 0.25) is 0 Å². The summed E-state index contributed by atoms with van der Waals surface area (Å²) in [6.07, 6.45) is -0.925. The number of carbonyl (C=O) groups is 2. The first-order valence-corrected chi connectivity index (χ1v) is 8.82. The van der Waals surface area contributed by atoms with E-state index in [1.165, 1.54) is 24.3 Å². The number of esters is 1. The van der Waals surface area contributed by atoms with Crippen molar-refractivity contribution in [1.82, 2.24) is 0 Å². The molecule has 0 heterocycles. The molecule has 1 aromatic rings. The molecule has 0 saturated carbocycles. The Kier molecular flexibility index (Phi) is 8.94. The monoisotopic (exact) mass is 405 g/mol. The van der Waals surface area contributed by atoms with E-state index in [4.69, 9.17) is 4.74 Å². The van der Waals surface area contributed by atoms with Crippen LogP contribution in [0.2, 0.25) is 0 Å². The maximum atomic E-state index is 12.3. The quantitative estimate of drug-likeness (QED) is 0.316. The lowest BCUT2D eigenvalue weighted by atomic mass is 10.1. The minimum Gasteiger partial charge on any atom is -0.463 e. The summed E-state index contributed by atoms with van der Waals surface area (Å²) in [4.78, 5) is 22.7. The van der Waals surface area contributed by atoms with E-state index in [0.29, 0.717) is 23.1 Å². The zero-order valence-electron chi connectivity index (χ0n) is 16.4. The van der Waals surface area contributed by atoms with Gasteiger partial charge in [0.25, 0.3) is 0 Å².